The van der Waals surface area contributed by atoms with Crippen molar-refractivity contribution in [2.45, 2.75) is 31.1 Å². The van der Waals surface area contributed by atoms with Crippen molar-refractivity contribution in [2.24, 2.45) is 0 Å². The molecule has 0 atom stereocenters. The summed E-state index contributed by atoms with van der Waals surface area (Å²) in [6.45, 7) is 2.83. The fourth-order valence-corrected chi connectivity index (χ4v) is 3.88. The second-order valence-electron chi connectivity index (χ2n) is 6.41. The van der Waals surface area contributed by atoms with Gasteiger partial charge in [-0.15, -0.1) is 12.4 Å². The minimum absolute atomic E-state index is 0. The van der Waals surface area contributed by atoms with E-state index in [-0.39, 0.29) is 12.4 Å². The van der Waals surface area contributed by atoms with Gasteiger partial charge in [0.2, 0.25) is 10.0 Å². The topological polar surface area (TPSA) is 61.4 Å². The number of nitrogens with zero attached hydrogens (tertiary/aromatic N) is 1. The summed E-state index contributed by atoms with van der Waals surface area (Å²) in [5.41, 5.74) is 4.60. The molecule has 0 fully saturated rings. The maximum atomic E-state index is 12.4. The van der Waals surface area contributed by atoms with Crippen molar-refractivity contribution in [3.05, 3.63) is 64.7 Å². The number of rotatable bonds is 6. The van der Waals surface area contributed by atoms with Gasteiger partial charge in [-0.1, -0.05) is 30.3 Å². The van der Waals surface area contributed by atoms with E-state index in [0.29, 0.717) is 11.4 Å². The van der Waals surface area contributed by atoms with Crippen molar-refractivity contribution in [3.8, 4) is 0 Å². The molecule has 3 rings (SSSR count). The highest BCUT2D eigenvalue weighted by Crippen LogP contribution is 2.18. The van der Waals surface area contributed by atoms with E-state index in [1.165, 1.54) is 11.1 Å². The molecule has 0 unspecified atom stereocenters. The molecule has 0 radical (unpaired) electrons. The van der Waals surface area contributed by atoms with Gasteiger partial charge in [0, 0.05) is 26.2 Å². The zero-order chi connectivity index (χ0) is 17.2. The van der Waals surface area contributed by atoms with Crippen LogP contribution in [0.4, 0.5) is 0 Å². The van der Waals surface area contributed by atoms with E-state index in [1.807, 2.05) is 37.2 Å². The Balaban J connectivity index is 0.00000225. The van der Waals surface area contributed by atoms with Gasteiger partial charge in [-0.2, -0.15) is 0 Å². The summed E-state index contributed by atoms with van der Waals surface area (Å²) < 4.78 is 27.6. The molecule has 2 N–H and O–H groups in total. The SMILES string of the molecule is CN(C)Cc1ccc(S(=O)(=O)NCc2ccc3c(c2)CNC3)cc1.Cl. The fourth-order valence-electron chi connectivity index (χ4n) is 2.86. The van der Waals surface area contributed by atoms with Gasteiger partial charge < -0.3 is 10.2 Å². The van der Waals surface area contributed by atoms with Crippen LogP contribution < -0.4 is 10.0 Å². The van der Waals surface area contributed by atoms with Crippen LogP contribution in [0.15, 0.2) is 47.4 Å². The Bertz CT molecular complexity index is 821. The van der Waals surface area contributed by atoms with Crippen molar-refractivity contribution in [1.29, 1.82) is 0 Å². The predicted octanol–water partition coefficient (Wildman–Crippen LogP) is 2.25. The summed E-state index contributed by atoms with van der Waals surface area (Å²) in [4.78, 5) is 2.35. The monoisotopic (exact) mass is 381 g/mol. The summed E-state index contributed by atoms with van der Waals surface area (Å²) in [6.07, 6.45) is 0. The molecular weight excluding hydrogens is 358 g/mol. The van der Waals surface area contributed by atoms with Gasteiger partial charge in [-0.3, -0.25) is 0 Å². The van der Waals surface area contributed by atoms with E-state index in [9.17, 15) is 8.42 Å². The average Bonchev–Trinajstić information content (AvgIpc) is 3.00. The Morgan fingerprint density at radius 2 is 1.64 bits per heavy atom. The van der Waals surface area contributed by atoms with Gasteiger partial charge in [0.15, 0.2) is 0 Å². The molecule has 0 aromatic heterocycles. The molecule has 5 nitrogen and oxygen atoms in total. The fraction of sp³-hybridized carbons (Fsp3) is 0.333. The highest BCUT2D eigenvalue weighted by Gasteiger charge is 2.15. The van der Waals surface area contributed by atoms with E-state index in [4.69, 9.17) is 0 Å². The summed E-state index contributed by atoms with van der Waals surface area (Å²) >= 11 is 0. The second kappa shape index (κ2) is 8.29. The second-order valence-corrected chi connectivity index (χ2v) is 8.18. The Morgan fingerprint density at radius 3 is 2.32 bits per heavy atom. The van der Waals surface area contributed by atoms with Crippen LogP contribution in [-0.4, -0.2) is 27.4 Å². The molecule has 1 heterocycles. The van der Waals surface area contributed by atoms with Crippen LogP contribution in [0.5, 0.6) is 0 Å². The van der Waals surface area contributed by atoms with Gasteiger partial charge in [0.05, 0.1) is 4.90 Å². The first-order valence-electron chi connectivity index (χ1n) is 7.99. The van der Waals surface area contributed by atoms with Gasteiger partial charge in [0.25, 0.3) is 0 Å². The number of halogens is 1. The largest absolute Gasteiger partial charge is 0.309 e. The molecular formula is C18H24ClN3O2S. The van der Waals surface area contributed by atoms with Crippen LogP contribution in [-0.2, 0) is 36.2 Å². The molecule has 0 amide bonds. The number of benzene rings is 2. The van der Waals surface area contributed by atoms with Gasteiger partial charge in [-0.25, -0.2) is 13.1 Å². The van der Waals surface area contributed by atoms with E-state index < -0.39 is 10.0 Å². The number of sulfonamides is 1. The third-order valence-electron chi connectivity index (χ3n) is 4.10. The Kier molecular flexibility index (Phi) is 6.59. The van der Waals surface area contributed by atoms with E-state index in [2.05, 4.69) is 22.2 Å². The molecule has 1 aliphatic heterocycles. The third kappa shape index (κ3) is 5.03. The molecule has 0 aliphatic carbocycles. The summed E-state index contributed by atoms with van der Waals surface area (Å²) in [6, 6.07) is 13.1. The highest BCUT2D eigenvalue weighted by atomic mass is 35.5. The Labute approximate surface area is 155 Å². The van der Waals surface area contributed by atoms with Gasteiger partial charge in [-0.05, 0) is 48.5 Å². The first-order chi connectivity index (χ1) is 11.4. The van der Waals surface area contributed by atoms with Crippen molar-refractivity contribution >= 4 is 22.4 Å². The Morgan fingerprint density at radius 1 is 1.00 bits per heavy atom. The first-order valence-corrected chi connectivity index (χ1v) is 9.47. The molecule has 0 spiro atoms. The average molecular weight is 382 g/mol. The minimum atomic E-state index is -3.50. The van der Waals surface area contributed by atoms with Gasteiger partial charge >= 0.3 is 0 Å². The molecule has 1 aliphatic rings. The van der Waals surface area contributed by atoms with Crippen molar-refractivity contribution in [2.75, 3.05) is 14.1 Å². The summed E-state index contributed by atoms with van der Waals surface area (Å²) in [5.74, 6) is 0. The standard InChI is InChI=1S/C18H23N3O2S.ClH/c1-21(2)13-14-4-7-18(8-5-14)24(22,23)20-10-15-3-6-16-11-19-12-17(16)9-15;/h3-9,19-20H,10-13H2,1-2H3;1H. The van der Waals surface area contributed by atoms with Crippen molar-refractivity contribution in [1.82, 2.24) is 14.9 Å². The molecule has 0 saturated heterocycles. The smallest absolute Gasteiger partial charge is 0.240 e. The van der Waals surface area contributed by atoms with Gasteiger partial charge in [0.1, 0.15) is 0 Å². The maximum Gasteiger partial charge on any atom is 0.240 e. The molecule has 136 valence electrons. The summed E-state index contributed by atoms with van der Waals surface area (Å²) in [5, 5.41) is 3.29. The molecule has 0 saturated carbocycles. The van der Waals surface area contributed by atoms with Crippen LogP contribution in [0.3, 0.4) is 0 Å². The summed E-state index contributed by atoms with van der Waals surface area (Å²) in [7, 11) is 0.472. The zero-order valence-corrected chi connectivity index (χ0v) is 16.1. The molecule has 25 heavy (non-hydrogen) atoms. The highest BCUT2D eigenvalue weighted by molar-refractivity contribution is 7.89. The lowest BCUT2D eigenvalue weighted by Crippen LogP contribution is -2.23. The number of fused-ring (bicyclic) bond motifs is 1. The maximum absolute atomic E-state index is 12.4. The number of hydrogen-bond donors (Lipinski definition) is 2. The first kappa shape index (κ1) is 19.9. The lowest BCUT2D eigenvalue weighted by molar-refractivity contribution is 0.402. The molecule has 2 aromatic carbocycles. The van der Waals surface area contributed by atoms with Crippen LogP contribution in [0.2, 0.25) is 0 Å². The third-order valence-corrected chi connectivity index (χ3v) is 5.52. The minimum Gasteiger partial charge on any atom is -0.309 e. The van der Waals surface area contributed by atoms with Crippen LogP contribution in [0, 0.1) is 0 Å². The van der Waals surface area contributed by atoms with Crippen LogP contribution >= 0.6 is 12.4 Å². The van der Waals surface area contributed by atoms with E-state index in [0.717, 1.165) is 30.8 Å². The van der Waals surface area contributed by atoms with Crippen LogP contribution in [0.1, 0.15) is 22.3 Å². The Hall–Kier alpha value is -1.44. The zero-order valence-electron chi connectivity index (χ0n) is 14.5. The number of nitrogens with one attached hydrogen (secondary N) is 2. The predicted molar refractivity (Wildman–Crippen MR) is 102 cm³/mol. The van der Waals surface area contributed by atoms with E-state index in [1.54, 1.807) is 12.1 Å². The lowest BCUT2D eigenvalue weighted by Gasteiger charge is -2.11. The van der Waals surface area contributed by atoms with Crippen LogP contribution in [0.25, 0.3) is 0 Å². The lowest BCUT2D eigenvalue weighted by atomic mass is 10.1. The van der Waals surface area contributed by atoms with E-state index >= 15 is 0 Å². The normalized spacial score (nSPS) is 13.6. The molecule has 2 aromatic rings. The number of hydrogen-bond acceptors (Lipinski definition) is 4. The molecule has 7 heteroatoms. The quantitative estimate of drug-likeness (QED) is 0.805. The molecule has 0 bridgehead atoms. The van der Waals surface area contributed by atoms with Crippen molar-refractivity contribution in [3.63, 3.8) is 0 Å². The van der Waals surface area contributed by atoms with Crippen molar-refractivity contribution < 1.29 is 8.42 Å².